The zero-order valence-electron chi connectivity index (χ0n) is 8.77. The Morgan fingerprint density at radius 3 is 3.00 bits per heavy atom. The number of fused-ring (bicyclic) bond motifs is 1. The van der Waals surface area contributed by atoms with Crippen LogP contribution in [0.1, 0.15) is 12.1 Å². The maximum Gasteiger partial charge on any atom is 0.305 e. The molecular formula is C11H11BrN2O2. The van der Waals surface area contributed by atoms with E-state index in [4.69, 9.17) is 5.11 Å². The lowest BCUT2D eigenvalue weighted by atomic mass is 10.2. The van der Waals surface area contributed by atoms with Crippen LogP contribution in [0.4, 0.5) is 0 Å². The average molecular weight is 283 g/mol. The first-order valence-corrected chi connectivity index (χ1v) is 5.71. The van der Waals surface area contributed by atoms with Gasteiger partial charge in [-0.25, -0.2) is 0 Å². The number of hydrogen-bond acceptors (Lipinski definition) is 2. The number of halogens is 1. The number of hydrogen-bond donors (Lipinski definition) is 1. The Balaban J connectivity index is 2.43. The first-order valence-electron chi connectivity index (χ1n) is 4.92. The highest BCUT2D eigenvalue weighted by atomic mass is 79.9. The van der Waals surface area contributed by atoms with E-state index in [0.717, 1.165) is 21.1 Å². The lowest BCUT2D eigenvalue weighted by molar-refractivity contribution is -0.137. The molecule has 1 aromatic carbocycles. The molecule has 2 rings (SSSR count). The predicted molar refractivity (Wildman–Crippen MR) is 64.4 cm³/mol. The van der Waals surface area contributed by atoms with Crippen LogP contribution in [0.3, 0.4) is 0 Å². The van der Waals surface area contributed by atoms with Crippen molar-refractivity contribution in [1.29, 1.82) is 0 Å². The normalized spacial score (nSPS) is 10.9. The van der Waals surface area contributed by atoms with E-state index in [1.807, 2.05) is 25.1 Å². The summed E-state index contributed by atoms with van der Waals surface area (Å²) >= 11 is 3.41. The lowest BCUT2D eigenvalue weighted by Gasteiger charge is -2.00. The van der Waals surface area contributed by atoms with Gasteiger partial charge in [0.05, 0.1) is 24.2 Å². The molecule has 1 heterocycles. The molecule has 4 nitrogen and oxygen atoms in total. The SMILES string of the molecule is Cc1nn(CCC(=O)O)c2ccc(Br)cc12. The lowest BCUT2D eigenvalue weighted by Crippen LogP contribution is -2.05. The Labute approximate surface area is 101 Å². The van der Waals surface area contributed by atoms with Crippen molar-refractivity contribution in [3.05, 3.63) is 28.4 Å². The van der Waals surface area contributed by atoms with Gasteiger partial charge >= 0.3 is 5.97 Å². The minimum absolute atomic E-state index is 0.0896. The smallest absolute Gasteiger partial charge is 0.305 e. The van der Waals surface area contributed by atoms with Crippen molar-refractivity contribution in [2.45, 2.75) is 19.9 Å². The number of aromatic nitrogens is 2. The van der Waals surface area contributed by atoms with Crippen LogP contribution in [-0.4, -0.2) is 20.9 Å². The third-order valence-corrected chi connectivity index (χ3v) is 2.93. The van der Waals surface area contributed by atoms with Gasteiger partial charge in [0.15, 0.2) is 0 Å². The summed E-state index contributed by atoms with van der Waals surface area (Å²) in [5, 5.41) is 14.0. The van der Waals surface area contributed by atoms with Crippen LogP contribution >= 0.6 is 15.9 Å². The van der Waals surface area contributed by atoms with Gasteiger partial charge in [0.2, 0.25) is 0 Å². The van der Waals surface area contributed by atoms with Crippen molar-refractivity contribution < 1.29 is 9.90 Å². The molecule has 0 radical (unpaired) electrons. The molecule has 0 saturated heterocycles. The number of rotatable bonds is 3. The topological polar surface area (TPSA) is 55.1 Å². The van der Waals surface area contributed by atoms with Crippen LogP contribution in [0.25, 0.3) is 10.9 Å². The molecule has 84 valence electrons. The molecule has 0 atom stereocenters. The van der Waals surface area contributed by atoms with E-state index in [1.165, 1.54) is 0 Å². The molecule has 2 aromatic rings. The second-order valence-corrected chi connectivity index (χ2v) is 4.53. The number of aryl methyl sites for hydroxylation is 2. The highest BCUT2D eigenvalue weighted by molar-refractivity contribution is 9.10. The van der Waals surface area contributed by atoms with Gasteiger partial charge in [0, 0.05) is 9.86 Å². The van der Waals surface area contributed by atoms with Crippen molar-refractivity contribution >= 4 is 32.8 Å². The van der Waals surface area contributed by atoms with Gasteiger partial charge in [-0.2, -0.15) is 5.10 Å². The van der Waals surface area contributed by atoms with Gasteiger partial charge in [0.25, 0.3) is 0 Å². The molecule has 0 unspecified atom stereocenters. The fourth-order valence-corrected chi connectivity index (χ4v) is 2.05. The number of benzene rings is 1. The summed E-state index contributed by atoms with van der Waals surface area (Å²) in [7, 11) is 0. The molecule has 0 aliphatic rings. The first-order chi connectivity index (χ1) is 7.58. The van der Waals surface area contributed by atoms with Gasteiger partial charge in [-0.05, 0) is 25.1 Å². The van der Waals surface area contributed by atoms with Crippen LogP contribution in [0, 0.1) is 6.92 Å². The molecule has 1 N–H and O–H groups in total. The largest absolute Gasteiger partial charge is 0.481 e. The second-order valence-electron chi connectivity index (χ2n) is 3.61. The number of aliphatic carboxylic acids is 1. The molecular weight excluding hydrogens is 272 g/mol. The molecule has 0 spiro atoms. The minimum Gasteiger partial charge on any atom is -0.481 e. The Hall–Kier alpha value is -1.36. The van der Waals surface area contributed by atoms with Crippen LogP contribution in [0.15, 0.2) is 22.7 Å². The standard InChI is InChI=1S/C11H11BrN2O2/c1-7-9-6-8(12)2-3-10(9)14(13-7)5-4-11(15)16/h2-3,6H,4-5H2,1H3,(H,15,16). The maximum atomic E-state index is 10.5. The van der Waals surface area contributed by atoms with Crippen molar-refractivity contribution in [2.75, 3.05) is 0 Å². The molecule has 0 fully saturated rings. The van der Waals surface area contributed by atoms with E-state index < -0.39 is 5.97 Å². The fraction of sp³-hybridized carbons (Fsp3) is 0.273. The Morgan fingerprint density at radius 1 is 1.56 bits per heavy atom. The number of nitrogens with zero attached hydrogens (tertiary/aromatic N) is 2. The minimum atomic E-state index is -0.807. The van der Waals surface area contributed by atoms with Crippen molar-refractivity contribution in [2.24, 2.45) is 0 Å². The Morgan fingerprint density at radius 2 is 2.31 bits per heavy atom. The molecule has 0 saturated carbocycles. The van der Waals surface area contributed by atoms with E-state index in [2.05, 4.69) is 21.0 Å². The van der Waals surface area contributed by atoms with Crippen LogP contribution < -0.4 is 0 Å². The quantitative estimate of drug-likeness (QED) is 0.942. The van der Waals surface area contributed by atoms with Crippen LogP contribution in [-0.2, 0) is 11.3 Å². The van der Waals surface area contributed by atoms with E-state index in [0.29, 0.717) is 6.54 Å². The average Bonchev–Trinajstić information content (AvgIpc) is 2.53. The Kier molecular flexibility index (Phi) is 2.96. The van der Waals surface area contributed by atoms with Crippen LogP contribution in [0.5, 0.6) is 0 Å². The van der Waals surface area contributed by atoms with Gasteiger partial charge < -0.3 is 5.11 Å². The van der Waals surface area contributed by atoms with E-state index in [1.54, 1.807) is 4.68 Å². The van der Waals surface area contributed by atoms with E-state index in [-0.39, 0.29) is 6.42 Å². The van der Waals surface area contributed by atoms with Gasteiger partial charge in [-0.3, -0.25) is 9.48 Å². The highest BCUT2D eigenvalue weighted by Gasteiger charge is 2.08. The zero-order valence-corrected chi connectivity index (χ0v) is 10.4. The molecule has 0 aliphatic heterocycles. The maximum absolute atomic E-state index is 10.5. The molecule has 16 heavy (non-hydrogen) atoms. The van der Waals surface area contributed by atoms with Crippen molar-refractivity contribution in [3.63, 3.8) is 0 Å². The summed E-state index contributed by atoms with van der Waals surface area (Å²) in [5.41, 5.74) is 1.89. The number of carboxylic acids is 1. The third-order valence-electron chi connectivity index (χ3n) is 2.43. The molecule has 1 aromatic heterocycles. The van der Waals surface area contributed by atoms with Crippen LogP contribution in [0.2, 0.25) is 0 Å². The predicted octanol–water partition coefficient (Wildman–Crippen LogP) is 2.58. The van der Waals surface area contributed by atoms with Gasteiger partial charge in [-0.1, -0.05) is 15.9 Å². The van der Waals surface area contributed by atoms with Crippen molar-refractivity contribution in [3.8, 4) is 0 Å². The van der Waals surface area contributed by atoms with E-state index in [9.17, 15) is 4.79 Å². The monoisotopic (exact) mass is 282 g/mol. The zero-order chi connectivity index (χ0) is 11.7. The molecule has 0 bridgehead atoms. The van der Waals surface area contributed by atoms with E-state index >= 15 is 0 Å². The summed E-state index contributed by atoms with van der Waals surface area (Å²) < 4.78 is 2.74. The number of carbonyl (C=O) groups is 1. The molecule has 0 amide bonds. The molecule has 0 aliphatic carbocycles. The number of carboxylic acid groups (broad SMARTS) is 1. The summed E-state index contributed by atoms with van der Waals surface area (Å²) in [5.74, 6) is -0.807. The summed E-state index contributed by atoms with van der Waals surface area (Å²) in [6.07, 6.45) is 0.0896. The Bertz CT molecular complexity index is 548. The molecule has 5 heteroatoms. The fourth-order valence-electron chi connectivity index (χ4n) is 1.68. The highest BCUT2D eigenvalue weighted by Crippen LogP contribution is 2.22. The van der Waals surface area contributed by atoms with Gasteiger partial charge in [0.1, 0.15) is 0 Å². The van der Waals surface area contributed by atoms with Gasteiger partial charge in [-0.15, -0.1) is 0 Å². The first kappa shape index (κ1) is 11.1. The second kappa shape index (κ2) is 4.25. The summed E-state index contributed by atoms with van der Waals surface area (Å²) in [4.78, 5) is 10.5. The third kappa shape index (κ3) is 2.09. The van der Waals surface area contributed by atoms with Crippen molar-refractivity contribution in [1.82, 2.24) is 9.78 Å². The summed E-state index contributed by atoms with van der Waals surface area (Å²) in [6.45, 7) is 2.33. The summed E-state index contributed by atoms with van der Waals surface area (Å²) in [6, 6.07) is 5.87.